The monoisotopic (exact) mass is 435 g/mol. The molecule has 1 aromatic rings. The Morgan fingerprint density at radius 3 is 2.67 bits per heavy atom. The Morgan fingerprint density at radius 1 is 1.23 bits per heavy atom. The zero-order valence-electron chi connectivity index (χ0n) is 18.4. The number of nitrogens with zero attached hydrogens (tertiary/aromatic N) is 2. The molecule has 1 saturated heterocycles. The molecule has 2 fully saturated rings. The molecule has 1 saturated carbocycles. The fourth-order valence-electron chi connectivity index (χ4n) is 3.87. The molecule has 1 aliphatic carbocycles. The van der Waals surface area contributed by atoms with Crippen LogP contribution in [0.1, 0.15) is 57.6 Å². The van der Waals surface area contributed by atoms with Gasteiger partial charge < -0.3 is 15.5 Å². The van der Waals surface area contributed by atoms with Crippen molar-refractivity contribution in [2.24, 2.45) is 10.9 Å². The molecule has 0 radical (unpaired) electrons. The average molecular weight is 436 g/mol. The summed E-state index contributed by atoms with van der Waals surface area (Å²) < 4.78 is 27.1. The molecular weight excluding hydrogens is 398 g/mol. The van der Waals surface area contributed by atoms with E-state index in [4.69, 9.17) is 0 Å². The van der Waals surface area contributed by atoms with Crippen LogP contribution in [0, 0.1) is 5.92 Å². The van der Waals surface area contributed by atoms with Gasteiger partial charge in [-0.1, -0.05) is 18.6 Å². The van der Waals surface area contributed by atoms with Crippen LogP contribution in [0.5, 0.6) is 0 Å². The molecule has 0 bridgehead atoms. The molecule has 1 heterocycles. The molecule has 0 amide bonds. The lowest BCUT2D eigenvalue weighted by molar-refractivity contribution is 0.316. The van der Waals surface area contributed by atoms with Crippen LogP contribution in [-0.4, -0.2) is 52.9 Å². The van der Waals surface area contributed by atoms with E-state index in [1.807, 2.05) is 6.92 Å². The van der Waals surface area contributed by atoms with Gasteiger partial charge in [0, 0.05) is 31.9 Å². The van der Waals surface area contributed by atoms with Gasteiger partial charge in [0.2, 0.25) is 10.0 Å². The van der Waals surface area contributed by atoms with E-state index in [0.29, 0.717) is 18.4 Å². The van der Waals surface area contributed by atoms with E-state index in [1.165, 1.54) is 30.5 Å². The maximum atomic E-state index is 12.2. The first kappa shape index (κ1) is 22.9. The van der Waals surface area contributed by atoms with Gasteiger partial charge in [0.05, 0.1) is 18.3 Å². The van der Waals surface area contributed by atoms with Crippen LogP contribution < -0.4 is 20.3 Å². The standard InChI is InChI=1S/C22H37N5O2S/c1-3-23-22(24-12-15-30(28,29)25-17-19-8-6-9-19)26-18(2)20-10-7-11-21(16-20)27-13-4-5-14-27/h7,10-11,16,18-19,25H,3-6,8-9,12-15,17H2,1-2H3,(H2,23,24,26). The summed E-state index contributed by atoms with van der Waals surface area (Å²) in [6, 6.07) is 8.70. The molecule has 3 N–H and O–H groups in total. The second-order valence-corrected chi connectivity index (χ2v) is 10.3. The van der Waals surface area contributed by atoms with Crippen molar-refractivity contribution in [2.75, 3.05) is 43.4 Å². The van der Waals surface area contributed by atoms with Crippen molar-refractivity contribution in [3.8, 4) is 0 Å². The van der Waals surface area contributed by atoms with Crippen LogP contribution in [-0.2, 0) is 10.0 Å². The van der Waals surface area contributed by atoms with Gasteiger partial charge in [-0.15, -0.1) is 0 Å². The lowest BCUT2D eigenvalue weighted by Crippen LogP contribution is -2.39. The van der Waals surface area contributed by atoms with Gasteiger partial charge >= 0.3 is 0 Å². The van der Waals surface area contributed by atoms with Gasteiger partial charge in [-0.3, -0.25) is 4.99 Å². The van der Waals surface area contributed by atoms with Crippen molar-refractivity contribution in [3.63, 3.8) is 0 Å². The molecule has 30 heavy (non-hydrogen) atoms. The number of benzene rings is 1. The maximum absolute atomic E-state index is 12.2. The highest BCUT2D eigenvalue weighted by Gasteiger charge is 2.20. The number of guanidine groups is 1. The Kier molecular flexibility index (Phi) is 8.39. The largest absolute Gasteiger partial charge is 0.372 e. The van der Waals surface area contributed by atoms with Crippen molar-refractivity contribution in [2.45, 2.75) is 52.0 Å². The van der Waals surface area contributed by atoms with E-state index in [9.17, 15) is 8.42 Å². The summed E-state index contributed by atoms with van der Waals surface area (Å²) in [6.07, 6.45) is 5.99. The number of nitrogens with one attached hydrogen (secondary N) is 3. The van der Waals surface area contributed by atoms with Crippen molar-refractivity contribution in [1.82, 2.24) is 15.4 Å². The molecule has 0 aromatic heterocycles. The molecular formula is C22H37N5O2S. The number of aliphatic imine (C=N–C) groups is 1. The first-order chi connectivity index (χ1) is 14.5. The zero-order chi connectivity index (χ0) is 21.4. The summed E-state index contributed by atoms with van der Waals surface area (Å²) in [5, 5.41) is 6.63. The molecule has 7 nitrogen and oxygen atoms in total. The number of rotatable bonds is 10. The molecule has 0 spiro atoms. The van der Waals surface area contributed by atoms with Crippen LogP contribution in [0.3, 0.4) is 0 Å². The van der Waals surface area contributed by atoms with Crippen LogP contribution in [0.25, 0.3) is 0 Å². The molecule has 3 rings (SSSR count). The zero-order valence-corrected chi connectivity index (χ0v) is 19.2. The van der Waals surface area contributed by atoms with Crippen molar-refractivity contribution in [3.05, 3.63) is 29.8 Å². The predicted octanol–water partition coefficient (Wildman–Crippen LogP) is 2.62. The van der Waals surface area contributed by atoms with Crippen molar-refractivity contribution >= 4 is 21.7 Å². The second-order valence-electron chi connectivity index (χ2n) is 8.38. The molecule has 1 aliphatic heterocycles. The van der Waals surface area contributed by atoms with Crippen LogP contribution in [0.4, 0.5) is 5.69 Å². The topological polar surface area (TPSA) is 85.8 Å². The van der Waals surface area contributed by atoms with Crippen LogP contribution >= 0.6 is 0 Å². The van der Waals surface area contributed by atoms with E-state index >= 15 is 0 Å². The SMILES string of the molecule is CCNC(=NCCS(=O)(=O)NCC1CCC1)NC(C)c1cccc(N2CCCC2)c1. The van der Waals surface area contributed by atoms with E-state index in [1.54, 1.807) is 0 Å². The van der Waals surface area contributed by atoms with E-state index in [2.05, 4.69) is 56.4 Å². The minimum Gasteiger partial charge on any atom is -0.372 e. The molecule has 1 atom stereocenters. The second kappa shape index (κ2) is 11.0. The highest BCUT2D eigenvalue weighted by Crippen LogP contribution is 2.25. The summed E-state index contributed by atoms with van der Waals surface area (Å²) in [4.78, 5) is 6.92. The van der Waals surface area contributed by atoms with Gasteiger partial charge in [-0.25, -0.2) is 13.1 Å². The van der Waals surface area contributed by atoms with Crippen molar-refractivity contribution in [1.29, 1.82) is 0 Å². The van der Waals surface area contributed by atoms with Crippen LogP contribution in [0.2, 0.25) is 0 Å². The number of hydrogen-bond donors (Lipinski definition) is 3. The summed E-state index contributed by atoms with van der Waals surface area (Å²) in [5.74, 6) is 1.17. The van der Waals surface area contributed by atoms with Gasteiger partial charge in [0.25, 0.3) is 0 Å². The fourth-order valence-corrected chi connectivity index (χ4v) is 4.83. The highest BCUT2D eigenvalue weighted by atomic mass is 32.2. The summed E-state index contributed by atoms with van der Waals surface area (Å²) in [5.41, 5.74) is 2.46. The molecule has 1 aromatic carbocycles. The number of sulfonamides is 1. The Morgan fingerprint density at radius 2 is 2.00 bits per heavy atom. The van der Waals surface area contributed by atoms with Gasteiger partial charge in [0.1, 0.15) is 0 Å². The molecule has 168 valence electrons. The first-order valence-electron chi connectivity index (χ1n) is 11.3. The minimum absolute atomic E-state index is 0.00905. The minimum atomic E-state index is -3.28. The third kappa shape index (κ3) is 6.87. The van der Waals surface area contributed by atoms with Crippen LogP contribution in [0.15, 0.2) is 29.3 Å². The van der Waals surface area contributed by atoms with Gasteiger partial charge in [0.15, 0.2) is 5.96 Å². The smallest absolute Gasteiger partial charge is 0.213 e. The Bertz CT molecular complexity index is 802. The Balaban J connectivity index is 1.54. The van der Waals surface area contributed by atoms with E-state index in [0.717, 1.165) is 32.5 Å². The van der Waals surface area contributed by atoms with Crippen molar-refractivity contribution < 1.29 is 8.42 Å². The lowest BCUT2D eigenvalue weighted by Gasteiger charge is -2.25. The Hall–Kier alpha value is -1.80. The number of anilines is 1. The average Bonchev–Trinajstić information content (AvgIpc) is 3.21. The quantitative estimate of drug-likeness (QED) is 0.389. The summed E-state index contributed by atoms with van der Waals surface area (Å²) in [7, 11) is -3.28. The molecule has 8 heteroatoms. The van der Waals surface area contributed by atoms with E-state index < -0.39 is 10.0 Å². The molecule has 1 unspecified atom stereocenters. The first-order valence-corrected chi connectivity index (χ1v) is 13.0. The van der Waals surface area contributed by atoms with Gasteiger partial charge in [-0.05, 0) is 63.1 Å². The number of hydrogen-bond acceptors (Lipinski definition) is 4. The summed E-state index contributed by atoms with van der Waals surface area (Å²) >= 11 is 0. The predicted molar refractivity (Wildman–Crippen MR) is 125 cm³/mol. The fraction of sp³-hybridized carbons (Fsp3) is 0.682. The summed E-state index contributed by atoms with van der Waals surface area (Å²) in [6.45, 7) is 7.88. The van der Waals surface area contributed by atoms with Gasteiger partial charge in [-0.2, -0.15) is 0 Å². The lowest BCUT2D eigenvalue weighted by atomic mass is 9.86. The maximum Gasteiger partial charge on any atom is 0.213 e. The highest BCUT2D eigenvalue weighted by molar-refractivity contribution is 7.89. The Labute approximate surface area is 181 Å². The molecule has 2 aliphatic rings. The third-order valence-corrected chi connectivity index (χ3v) is 7.31. The third-order valence-electron chi connectivity index (χ3n) is 5.99. The van der Waals surface area contributed by atoms with E-state index in [-0.39, 0.29) is 18.3 Å². The normalized spacial score (nSPS) is 18.9.